The summed E-state index contributed by atoms with van der Waals surface area (Å²) in [4.78, 5) is 20.7. The molecule has 134 valence electrons. The summed E-state index contributed by atoms with van der Waals surface area (Å²) in [5.41, 5.74) is -0.255. The van der Waals surface area contributed by atoms with Crippen LogP contribution in [0.2, 0.25) is 5.02 Å². The first kappa shape index (κ1) is 19.3. The molecule has 1 aromatic carbocycles. The fourth-order valence-corrected chi connectivity index (χ4v) is 2.61. The van der Waals surface area contributed by atoms with E-state index in [-0.39, 0.29) is 21.2 Å². The summed E-state index contributed by atoms with van der Waals surface area (Å²) in [5.74, 6) is -0.976. The maximum atomic E-state index is 13.3. The second-order valence-electron chi connectivity index (χ2n) is 5.62. The molecule has 0 radical (unpaired) electrons. The Bertz CT molecular complexity index is 908. The topological polar surface area (TPSA) is 73.6 Å². The minimum absolute atomic E-state index is 0.0288. The Morgan fingerprint density at radius 2 is 2.20 bits per heavy atom. The van der Waals surface area contributed by atoms with Crippen LogP contribution >= 0.6 is 23.8 Å². The van der Waals surface area contributed by atoms with Gasteiger partial charge in [-0.1, -0.05) is 11.6 Å². The van der Waals surface area contributed by atoms with Crippen molar-refractivity contribution >= 4 is 30.0 Å². The monoisotopic (exact) mass is 384 g/mol. The molecule has 0 bridgehead atoms. The number of halogens is 2. The summed E-state index contributed by atoms with van der Waals surface area (Å²) >= 11 is 10.9. The maximum Gasteiger partial charge on any atom is 0.264 e. The molecule has 0 saturated carbocycles. The van der Waals surface area contributed by atoms with E-state index in [0.717, 1.165) is 19.0 Å². The van der Waals surface area contributed by atoms with Gasteiger partial charge >= 0.3 is 0 Å². The van der Waals surface area contributed by atoms with Crippen LogP contribution in [0.15, 0.2) is 28.0 Å². The van der Waals surface area contributed by atoms with Gasteiger partial charge in [-0.2, -0.15) is 0 Å². The number of aliphatic imine (C=N–C) groups is 1. The summed E-state index contributed by atoms with van der Waals surface area (Å²) in [6.07, 6.45) is 2.12. The summed E-state index contributed by atoms with van der Waals surface area (Å²) in [5, 5.41) is 10.3. The van der Waals surface area contributed by atoms with E-state index in [4.69, 9.17) is 23.8 Å². The predicted octanol–water partition coefficient (Wildman–Crippen LogP) is 2.76. The van der Waals surface area contributed by atoms with Crippen molar-refractivity contribution in [2.24, 2.45) is 4.99 Å². The second kappa shape index (κ2) is 8.37. The van der Waals surface area contributed by atoms with Gasteiger partial charge in [0.15, 0.2) is 4.77 Å². The highest BCUT2D eigenvalue weighted by atomic mass is 35.5. The second-order valence-corrected chi connectivity index (χ2v) is 6.42. The highest BCUT2D eigenvalue weighted by Gasteiger charge is 2.13. The largest absolute Gasteiger partial charge is 0.494 e. The Balaban J connectivity index is 2.39. The van der Waals surface area contributed by atoms with Gasteiger partial charge in [0.1, 0.15) is 11.4 Å². The fourth-order valence-electron chi connectivity index (χ4n) is 2.15. The predicted molar refractivity (Wildman–Crippen MR) is 99.5 cm³/mol. The van der Waals surface area contributed by atoms with Crippen LogP contribution in [0.25, 0.3) is 5.69 Å². The molecule has 9 heteroatoms. The maximum absolute atomic E-state index is 13.3. The molecular formula is C16H18ClFN4O2S. The van der Waals surface area contributed by atoms with E-state index in [1.54, 1.807) is 0 Å². The van der Waals surface area contributed by atoms with Crippen LogP contribution in [0.4, 0.5) is 4.39 Å². The number of hydrogen-bond acceptors (Lipinski definition) is 5. The molecule has 0 spiro atoms. The van der Waals surface area contributed by atoms with E-state index in [0.29, 0.717) is 12.2 Å². The SMILES string of the molecule is CN(C)CCCN=Cc1c(O)n(-c2ccc(F)c(Cl)c2)c(=S)[nH]c1=O. The lowest BCUT2D eigenvalue weighted by molar-refractivity contribution is 0.403. The summed E-state index contributed by atoms with van der Waals surface area (Å²) in [6, 6.07) is 3.86. The molecule has 0 aliphatic heterocycles. The Kier molecular flexibility index (Phi) is 6.46. The minimum atomic E-state index is -0.594. The number of aromatic amines is 1. The number of H-pyrrole nitrogens is 1. The lowest BCUT2D eigenvalue weighted by atomic mass is 10.2. The molecule has 25 heavy (non-hydrogen) atoms. The highest BCUT2D eigenvalue weighted by molar-refractivity contribution is 7.71. The van der Waals surface area contributed by atoms with Gasteiger partial charge in [0.2, 0.25) is 5.88 Å². The zero-order chi connectivity index (χ0) is 18.6. The van der Waals surface area contributed by atoms with Gasteiger partial charge in [-0.3, -0.25) is 19.3 Å². The number of aromatic hydroxyl groups is 1. The molecule has 1 aromatic heterocycles. The molecule has 0 aliphatic rings. The Morgan fingerprint density at radius 3 is 2.84 bits per heavy atom. The number of nitrogens with zero attached hydrogens (tertiary/aromatic N) is 3. The zero-order valence-electron chi connectivity index (χ0n) is 13.8. The zero-order valence-corrected chi connectivity index (χ0v) is 15.4. The molecule has 2 rings (SSSR count). The third-order valence-electron chi connectivity index (χ3n) is 3.40. The van der Waals surface area contributed by atoms with Gasteiger partial charge in [0, 0.05) is 12.8 Å². The van der Waals surface area contributed by atoms with Crippen LogP contribution in [0, 0.1) is 10.6 Å². The molecule has 0 amide bonds. The fraction of sp³-hybridized carbons (Fsp3) is 0.312. The van der Waals surface area contributed by atoms with Crippen molar-refractivity contribution in [2.75, 3.05) is 27.2 Å². The van der Waals surface area contributed by atoms with Gasteiger partial charge in [0.05, 0.1) is 10.7 Å². The average Bonchev–Trinajstić information content (AvgIpc) is 2.52. The third-order valence-corrected chi connectivity index (χ3v) is 3.97. The number of rotatable bonds is 6. The van der Waals surface area contributed by atoms with Crippen molar-refractivity contribution in [2.45, 2.75) is 6.42 Å². The summed E-state index contributed by atoms with van der Waals surface area (Å²) in [7, 11) is 3.92. The molecule has 2 aromatic rings. The quantitative estimate of drug-likeness (QED) is 0.456. The normalized spacial score (nSPS) is 11.6. The molecule has 0 saturated heterocycles. The first-order valence-corrected chi connectivity index (χ1v) is 8.28. The Morgan fingerprint density at radius 1 is 1.48 bits per heavy atom. The first-order chi connectivity index (χ1) is 11.8. The minimum Gasteiger partial charge on any atom is -0.494 e. The van der Waals surface area contributed by atoms with Crippen LogP contribution in [-0.4, -0.2) is 53.0 Å². The van der Waals surface area contributed by atoms with E-state index in [1.165, 1.54) is 22.9 Å². The number of aromatic nitrogens is 2. The van der Waals surface area contributed by atoms with Crippen molar-refractivity contribution in [1.82, 2.24) is 14.5 Å². The Hall–Kier alpha value is -2.03. The summed E-state index contributed by atoms with van der Waals surface area (Å²) in [6.45, 7) is 1.37. The van der Waals surface area contributed by atoms with E-state index in [2.05, 4.69) is 9.98 Å². The third kappa shape index (κ3) is 4.75. The van der Waals surface area contributed by atoms with Crippen LogP contribution in [0.1, 0.15) is 12.0 Å². The van der Waals surface area contributed by atoms with Gasteiger partial charge in [-0.25, -0.2) is 4.39 Å². The molecule has 0 atom stereocenters. The van der Waals surface area contributed by atoms with Crippen molar-refractivity contribution < 1.29 is 9.50 Å². The van der Waals surface area contributed by atoms with Gasteiger partial charge in [-0.05, 0) is 57.5 Å². The van der Waals surface area contributed by atoms with E-state index >= 15 is 0 Å². The summed E-state index contributed by atoms with van der Waals surface area (Å²) < 4.78 is 14.5. The van der Waals surface area contributed by atoms with Gasteiger partial charge < -0.3 is 10.0 Å². The van der Waals surface area contributed by atoms with Gasteiger partial charge in [-0.15, -0.1) is 0 Å². The number of benzene rings is 1. The van der Waals surface area contributed by atoms with E-state index in [1.807, 2.05) is 19.0 Å². The van der Waals surface area contributed by atoms with Crippen LogP contribution in [0.3, 0.4) is 0 Å². The van der Waals surface area contributed by atoms with E-state index in [9.17, 15) is 14.3 Å². The molecule has 0 unspecified atom stereocenters. The smallest absolute Gasteiger partial charge is 0.264 e. The van der Waals surface area contributed by atoms with Crippen molar-refractivity contribution in [3.05, 3.63) is 49.7 Å². The molecular weight excluding hydrogens is 367 g/mol. The van der Waals surface area contributed by atoms with Crippen molar-refractivity contribution in [3.8, 4) is 11.6 Å². The Labute approximate surface area is 154 Å². The lowest BCUT2D eigenvalue weighted by Gasteiger charge is -2.11. The lowest BCUT2D eigenvalue weighted by Crippen LogP contribution is -2.18. The standard InChI is InChI=1S/C16H18ClFN4O2S/c1-21(2)7-3-6-19-9-11-14(23)20-16(25)22(15(11)24)10-4-5-13(18)12(17)8-10/h4-5,8-9,24H,3,6-7H2,1-2H3,(H,20,23,25). The number of hydrogen-bond donors (Lipinski definition) is 2. The van der Waals surface area contributed by atoms with Crippen molar-refractivity contribution in [3.63, 3.8) is 0 Å². The number of nitrogens with one attached hydrogen (secondary N) is 1. The van der Waals surface area contributed by atoms with Crippen LogP contribution in [0.5, 0.6) is 5.88 Å². The van der Waals surface area contributed by atoms with Crippen molar-refractivity contribution in [1.29, 1.82) is 0 Å². The molecule has 2 N–H and O–H groups in total. The van der Waals surface area contributed by atoms with Gasteiger partial charge in [0.25, 0.3) is 5.56 Å². The molecule has 0 aliphatic carbocycles. The molecule has 0 fully saturated rings. The highest BCUT2D eigenvalue weighted by Crippen LogP contribution is 2.23. The first-order valence-electron chi connectivity index (χ1n) is 7.49. The molecule has 1 heterocycles. The van der Waals surface area contributed by atoms with Crippen LogP contribution in [-0.2, 0) is 0 Å². The van der Waals surface area contributed by atoms with E-state index < -0.39 is 11.4 Å². The van der Waals surface area contributed by atoms with Crippen LogP contribution < -0.4 is 5.56 Å². The molecule has 6 nitrogen and oxygen atoms in total. The average molecular weight is 385 g/mol.